The van der Waals surface area contributed by atoms with E-state index in [1.807, 2.05) is 30.3 Å². The van der Waals surface area contributed by atoms with Gasteiger partial charge in [-0.15, -0.1) is 0 Å². The zero-order valence-corrected chi connectivity index (χ0v) is 16.5. The highest BCUT2D eigenvalue weighted by atomic mass is 16.5. The third kappa shape index (κ3) is 4.04. The summed E-state index contributed by atoms with van der Waals surface area (Å²) in [6, 6.07) is 13.8. The number of carbonyl (C=O) groups excluding carboxylic acids is 4. The van der Waals surface area contributed by atoms with Crippen molar-refractivity contribution in [3.63, 3.8) is 0 Å². The van der Waals surface area contributed by atoms with Gasteiger partial charge in [0.2, 0.25) is 0 Å². The number of nitrogens with zero attached hydrogens (tertiary/aromatic N) is 2. The van der Waals surface area contributed by atoms with Crippen LogP contribution < -0.4 is 5.32 Å². The van der Waals surface area contributed by atoms with E-state index in [4.69, 9.17) is 4.74 Å². The number of hydrogen-bond donors (Lipinski definition) is 1. The lowest BCUT2D eigenvalue weighted by atomic mass is 10.1. The van der Waals surface area contributed by atoms with Crippen molar-refractivity contribution >= 4 is 46.4 Å². The van der Waals surface area contributed by atoms with E-state index in [1.54, 1.807) is 12.3 Å². The molecule has 1 aromatic heterocycles. The van der Waals surface area contributed by atoms with Gasteiger partial charge in [-0.05, 0) is 30.3 Å². The van der Waals surface area contributed by atoms with Gasteiger partial charge in [-0.1, -0.05) is 24.3 Å². The minimum Gasteiger partial charge on any atom is -0.452 e. The van der Waals surface area contributed by atoms with Crippen LogP contribution in [-0.2, 0) is 14.3 Å². The topological polar surface area (TPSA) is 106 Å². The standard InChI is InChI=1S/C23H17N3O5/c1-26-22(29)17-9-8-16(12-18(17)23(26)30)25-19(27)13-31-20(28)10-7-15-5-2-4-14-6-3-11-24-21(14)15/h2-12H,13H2,1H3,(H,25,27). The van der Waals surface area contributed by atoms with E-state index in [0.717, 1.165) is 21.4 Å². The Bertz CT molecular complexity index is 1260. The normalized spacial score (nSPS) is 13.0. The SMILES string of the molecule is CN1C(=O)c2ccc(NC(=O)COC(=O)C=Cc3cccc4cccnc34)cc2C1=O. The molecule has 0 saturated carbocycles. The second-order valence-electron chi connectivity index (χ2n) is 6.84. The molecule has 0 bridgehead atoms. The molecule has 0 aliphatic carbocycles. The van der Waals surface area contributed by atoms with Crippen molar-refractivity contribution in [2.45, 2.75) is 0 Å². The van der Waals surface area contributed by atoms with E-state index in [0.29, 0.717) is 5.69 Å². The molecule has 4 rings (SSSR count). The third-order valence-corrected chi connectivity index (χ3v) is 4.78. The number of fused-ring (bicyclic) bond motifs is 2. The molecule has 0 unspecified atom stereocenters. The number of nitrogens with one attached hydrogen (secondary N) is 1. The van der Waals surface area contributed by atoms with E-state index >= 15 is 0 Å². The molecule has 1 N–H and O–H groups in total. The number of benzene rings is 2. The zero-order chi connectivity index (χ0) is 22.0. The van der Waals surface area contributed by atoms with Gasteiger partial charge >= 0.3 is 5.97 Å². The molecule has 154 valence electrons. The van der Waals surface area contributed by atoms with Crippen molar-refractivity contribution in [1.29, 1.82) is 0 Å². The number of esters is 1. The predicted octanol–water partition coefficient (Wildman–Crippen LogP) is 2.66. The second kappa shape index (κ2) is 8.19. The molecule has 3 aromatic rings. The Labute approximate surface area is 177 Å². The van der Waals surface area contributed by atoms with Crippen molar-refractivity contribution in [2.24, 2.45) is 0 Å². The molecule has 0 atom stereocenters. The number of pyridine rings is 1. The molecular weight excluding hydrogens is 398 g/mol. The maximum Gasteiger partial charge on any atom is 0.331 e. The van der Waals surface area contributed by atoms with Crippen molar-refractivity contribution < 1.29 is 23.9 Å². The van der Waals surface area contributed by atoms with Gasteiger partial charge in [0.1, 0.15) is 0 Å². The first-order chi connectivity index (χ1) is 14.9. The summed E-state index contributed by atoms with van der Waals surface area (Å²) < 4.78 is 4.97. The van der Waals surface area contributed by atoms with Crippen LogP contribution in [0.4, 0.5) is 5.69 Å². The molecule has 1 aliphatic rings. The number of para-hydroxylation sites is 1. The lowest BCUT2D eigenvalue weighted by Gasteiger charge is -2.06. The highest BCUT2D eigenvalue weighted by Gasteiger charge is 2.32. The molecule has 0 fully saturated rings. The van der Waals surface area contributed by atoms with E-state index in [9.17, 15) is 19.2 Å². The van der Waals surface area contributed by atoms with Crippen molar-refractivity contribution in [3.05, 3.63) is 77.5 Å². The fourth-order valence-electron chi connectivity index (χ4n) is 3.24. The van der Waals surface area contributed by atoms with E-state index < -0.39 is 24.4 Å². The summed E-state index contributed by atoms with van der Waals surface area (Å²) >= 11 is 0. The van der Waals surface area contributed by atoms with E-state index in [-0.39, 0.29) is 17.0 Å². The summed E-state index contributed by atoms with van der Waals surface area (Å²) in [4.78, 5) is 53.3. The van der Waals surface area contributed by atoms with Crippen LogP contribution in [0, 0.1) is 0 Å². The first kappa shape index (κ1) is 20.0. The van der Waals surface area contributed by atoms with Crippen LogP contribution in [0.25, 0.3) is 17.0 Å². The number of hydrogen-bond acceptors (Lipinski definition) is 6. The highest BCUT2D eigenvalue weighted by Crippen LogP contribution is 2.24. The van der Waals surface area contributed by atoms with Gasteiger partial charge in [-0.25, -0.2) is 4.79 Å². The fraction of sp³-hybridized carbons (Fsp3) is 0.0870. The fourth-order valence-corrected chi connectivity index (χ4v) is 3.24. The van der Waals surface area contributed by atoms with Gasteiger partial charge in [-0.2, -0.15) is 0 Å². The number of anilines is 1. The number of rotatable bonds is 5. The van der Waals surface area contributed by atoms with Crippen molar-refractivity contribution in [2.75, 3.05) is 19.0 Å². The predicted molar refractivity (Wildman–Crippen MR) is 113 cm³/mol. The minimum atomic E-state index is -0.681. The summed E-state index contributed by atoms with van der Waals surface area (Å²) in [6.45, 7) is -0.499. The molecule has 1 aliphatic heterocycles. The quantitative estimate of drug-likeness (QED) is 0.390. The number of ether oxygens (including phenoxy) is 1. The number of imide groups is 1. The zero-order valence-electron chi connectivity index (χ0n) is 16.5. The maximum absolute atomic E-state index is 12.1. The number of aromatic nitrogens is 1. The van der Waals surface area contributed by atoms with Crippen molar-refractivity contribution in [1.82, 2.24) is 9.88 Å². The van der Waals surface area contributed by atoms with Crippen LogP contribution in [0.15, 0.2) is 60.8 Å². The summed E-state index contributed by atoms with van der Waals surface area (Å²) in [7, 11) is 1.39. The molecule has 8 nitrogen and oxygen atoms in total. The number of carbonyl (C=O) groups is 4. The summed E-state index contributed by atoms with van der Waals surface area (Å²) in [5, 5.41) is 3.49. The summed E-state index contributed by atoms with van der Waals surface area (Å²) in [5.41, 5.74) is 2.33. The molecule has 8 heteroatoms. The molecule has 3 amide bonds. The molecule has 31 heavy (non-hydrogen) atoms. The van der Waals surface area contributed by atoms with Gasteiger partial charge in [0, 0.05) is 36.0 Å². The van der Waals surface area contributed by atoms with Crippen LogP contribution in [0.3, 0.4) is 0 Å². The summed E-state index contributed by atoms with van der Waals surface area (Å²) in [5.74, 6) is -2.08. The van der Waals surface area contributed by atoms with Gasteiger partial charge in [0.25, 0.3) is 17.7 Å². The maximum atomic E-state index is 12.1. The number of amides is 3. The van der Waals surface area contributed by atoms with Gasteiger partial charge in [0.15, 0.2) is 6.61 Å². The highest BCUT2D eigenvalue weighted by molar-refractivity contribution is 6.21. The lowest BCUT2D eigenvalue weighted by molar-refractivity contribution is -0.142. The van der Waals surface area contributed by atoms with Crippen LogP contribution in [-0.4, -0.2) is 47.2 Å². The monoisotopic (exact) mass is 415 g/mol. The molecule has 0 saturated heterocycles. The van der Waals surface area contributed by atoms with Crippen LogP contribution in [0.1, 0.15) is 26.3 Å². The minimum absolute atomic E-state index is 0.217. The van der Waals surface area contributed by atoms with Crippen molar-refractivity contribution in [3.8, 4) is 0 Å². The Kier molecular flexibility index (Phi) is 5.28. The Balaban J connectivity index is 1.35. The Hall–Kier alpha value is -4.33. The van der Waals surface area contributed by atoms with Crippen LogP contribution >= 0.6 is 0 Å². The van der Waals surface area contributed by atoms with Gasteiger partial charge in [0.05, 0.1) is 16.6 Å². The molecule has 0 radical (unpaired) electrons. The Morgan fingerprint density at radius 2 is 1.84 bits per heavy atom. The third-order valence-electron chi connectivity index (χ3n) is 4.78. The summed E-state index contributed by atoms with van der Waals surface area (Å²) in [6.07, 6.45) is 4.48. The van der Waals surface area contributed by atoms with Gasteiger partial charge < -0.3 is 10.1 Å². The Morgan fingerprint density at radius 3 is 2.68 bits per heavy atom. The molecule has 2 aromatic carbocycles. The van der Waals surface area contributed by atoms with E-state index in [2.05, 4.69) is 10.3 Å². The van der Waals surface area contributed by atoms with Crippen LogP contribution in [0.5, 0.6) is 0 Å². The smallest absolute Gasteiger partial charge is 0.331 e. The molecule has 2 heterocycles. The lowest BCUT2D eigenvalue weighted by Crippen LogP contribution is -2.24. The largest absolute Gasteiger partial charge is 0.452 e. The molecule has 0 spiro atoms. The average Bonchev–Trinajstić information content (AvgIpc) is 3.00. The van der Waals surface area contributed by atoms with E-state index in [1.165, 1.54) is 31.3 Å². The van der Waals surface area contributed by atoms with Crippen LogP contribution in [0.2, 0.25) is 0 Å². The average molecular weight is 415 g/mol. The first-order valence-corrected chi connectivity index (χ1v) is 9.39. The Morgan fingerprint density at radius 1 is 1.06 bits per heavy atom. The molecular formula is C23H17N3O5. The van der Waals surface area contributed by atoms with Gasteiger partial charge in [-0.3, -0.25) is 24.3 Å². The first-order valence-electron chi connectivity index (χ1n) is 9.39. The second-order valence-corrected chi connectivity index (χ2v) is 6.84.